The van der Waals surface area contributed by atoms with E-state index in [0.29, 0.717) is 17.8 Å². The summed E-state index contributed by atoms with van der Waals surface area (Å²) in [5.74, 6) is 1.35. The first-order valence-corrected chi connectivity index (χ1v) is 5.01. The predicted molar refractivity (Wildman–Crippen MR) is 54.9 cm³/mol. The minimum absolute atomic E-state index is 0.467. The topological polar surface area (TPSA) is 53.1 Å². The lowest BCUT2D eigenvalue weighted by atomic mass is 9.82. The SMILES string of the molecule is COC1CC(Cn2cc(C)c(N)n2)C1. The van der Waals surface area contributed by atoms with Gasteiger partial charge in [-0.2, -0.15) is 5.10 Å². The second-order valence-corrected chi connectivity index (χ2v) is 4.11. The molecule has 4 nitrogen and oxygen atoms in total. The van der Waals surface area contributed by atoms with Crippen molar-refractivity contribution in [3.63, 3.8) is 0 Å². The normalized spacial score (nSPS) is 26.1. The number of nitrogens with zero attached hydrogens (tertiary/aromatic N) is 2. The van der Waals surface area contributed by atoms with Gasteiger partial charge in [-0.3, -0.25) is 4.68 Å². The van der Waals surface area contributed by atoms with E-state index in [4.69, 9.17) is 10.5 Å². The van der Waals surface area contributed by atoms with Gasteiger partial charge in [-0.15, -0.1) is 0 Å². The second kappa shape index (κ2) is 3.61. The molecule has 1 aliphatic rings. The first kappa shape index (κ1) is 9.52. The Morgan fingerprint density at radius 2 is 2.36 bits per heavy atom. The Balaban J connectivity index is 1.87. The summed E-state index contributed by atoms with van der Waals surface area (Å²) in [6.45, 7) is 2.95. The van der Waals surface area contributed by atoms with E-state index in [1.807, 2.05) is 17.8 Å². The summed E-state index contributed by atoms with van der Waals surface area (Å²) in [7, 11) is 1.77. The van der Waals surface area contributed by atoms with Gasteiger partial charge in [-0.1, -0.05) is 0 Å². The van der Waals surface area contributed by atoms with E-state index < -0.39 is 0 Å². The number of nitrogens with two attached hydrogens (primary N) is 1. The Labute approximate surface area is 84.0 Å². The van der Waals surface area contributed by atoms with Crippen LogP contribution in [0.1, 0.15) is 18.4 Å². The van der Waals surface area contributed by atoms with E-state index in [0.717, 1.165) is 24.9 Å². The van der Waals surface area contributed by atoms with Gasteiger partial charge < -0.3 is 10.5 Å². The fourth-order valence-electron chi connectivity index (χ4n) is 1.91. The molecule has 0 aromatic carbocycles. The maximum absolute atomic E-state index is 5.67. The maximum atomic E-state index is 5.67. The van der Waals surface area contributed by atoms with Gasteiger partial charge in [-0.25, -0.2) is 0 Å². The van der Waals surface area contributed by atoms with E-state index in [1.165, 1.54) is 0 Å². The van der Waals surface area contributed by atoms with Crippen LogP contribution in [0.15, 0.2) is 6.20 Å². The molecule has 4 heteroatoms. The molecule has 1 fully saturated rings. The van der Waals surface area contributed by atoms with Crippen molar-refractivity contribution in [2.45, 2.75) is 32.4 Å². The highest BCUT2D eigenvalue weighted by Crippen LogP contribution is 2.30. The van der Waals surface area contributed by atoms with E-state index in [2.05, 4.69) is 5.10 Å². The number of aromatic nitrogens is 2. The third-order valence-electron chi connectivity index (χ3n) is 2.95. The number of methoxy groups -OCH3 is 1. The maximum Gasteiger partial charge on any atom is 0.148 e. The van der Waals surface area contributed by atoms with Crippen LogP contribution in [0.2, 0.25) is 0 Å². The molecule has 2 rings (SSSR count). The van der Waals surface area contributed by atoms with Crippen LogP contribution in [0.5, 0.6) is 0 Å². The highest BCUT2D eigenvalue weighted by Gasteiger charge is 2.29. The van der Waals surface area contributed by atoms with Crippen molar-refractivity contribution in [2.75, 3.05) is 12.8 Å². The molecular formula is C10H17N3O. The lowest BCUT2D eigenvalue weighted by molar-refractivity contribution is -0.00544. The first-order chi connectivity index (χ1) is 6.69. The average molecular weight is 195 g/mol. The van der Waals surface area contributed by atoms with Gasteiger partial charge in [0.25, 0.3) is 0 Å². The van der Waals surface area contributed by atoms with Crippen LogP contribution >= 0.6 is 0 Å². The number of ether oxygens (including phenoxy) is 1. The number of rotatable bonds is 3. The zero-order chi connectivity index (χ0) is 10.1. The Kier molecular flexibility index (Phi) is 2.46. The first-order valence-electron chi connectivity index (χ1n) is 5.01. The number of anilines is 1. The van der Waals surface area contributed by atoms with Crippen LogP contribution in [-0.4, -0.2) is 23.0 Å². The summed E-state index contributed by atoms with van der Waals surface area (Å²) >= 11 is 0. The molecule has 1 aliphatic carbocycles. The van der Waals surface area contributed by atoms with Crippen molar-refractivity contribution in [1.29, 1.82) is 0 Å². The minimum Gasteiger partial charge on any atom is -0.382 e. The third kappa shape index (κ3) is 1.75. The Morgan fingerprint density at radius 1 is 1.64 bits per heavy atom. The Hall–Kier alpha value is -1.03. The van der Waals surface area contributed by atoms with Crippen LogP contribution in [-0.2, 0) is 11.3 Å². The second-order valence-electron chi connectivity index (χ2n) is 4.11. The predicted octanol–water partition coefficient (Wildman–Crippen LogP) is 1.20. The number of aryl methyl sites for hydroxylation is 1. The molecule has 0 spiro atoms. The minimum atomic E-state index is 0.467. The molecule has 0 bridgehead atoms. The largest absolute Gasteiger partial charge is 0.382 e. The molecule has 2 N–H and O–H groups in total. The summed E-state index contributed by atoms with van der Waals surface area (Å²) in [5.41, 5.74) is 6.74. The monoisotopic (exact) mass is 195 g/mol. The summed E-state index contributed by atoms with van der Waals surface area (Å²) in [6, 6.07) is 0. The van der Waals surface area contributed by atoms with Gasteiger partial charge in [0, 0.05) is 25.4 Å². The van der Waals surface area contributed by atoms with Crippen molar-refractivity contribution in [1.82, 2.24) is 9.78 Å². The smallest absolute Gasteiger partial charge is 0.148 e. The zero-order valence-corrected chi connectivity index (χ0v) is 8.73. The van der Waals surface area contributed by atoms with Crippen LogP contribution in [0.25, 0.3) is 0 Å². The van der Waals surface area contributed by atoms with Gasteiger partial charge in [0.2, 0.25) is 0 Å². The molecule has 1 aromatic heterocycles. The fraction of sp³-hybridized carbons (Fsp3) is 0.700. The molecule has 1 heterocycles. The molecule has 14 heavy (non-hydrogen) atoms. The van der Waals surface area contributed by atoms with Gasteiger partial charge in [0.05, 0.1) is 6.10 Å². The Bertz CT molecular complexity index is 296. The molecule has 0 radical (unpaired) electrons. The van der Waals surface area contributed by atoms with E-state index in [-0.39, 0.29) is 0 Å². The highest BCUT2D eigenvalue weighted by atomic mass is 16.5. The average Bonchev–Trinajstić information content (AvgIpc) is 2.38. The van der Waals surface area contributed by atoms with E-state index in [1.54, 1.807) is 7.11 Å². The Morgan fingerprint density at radius 3 is 2.86 bits per heavy atom. The molecule has 0 saturated heterocycles. The van der Waals surface area contributed by atoms with Crippen LogP contribution in [0.3, 0.4) is 0 Å². The van der Waals surface area contributed by atoms with Gasteiger partial charge >= 0.3 is 0 Å². The van der Waals surface area contributed by atoms with Gasteiger partial charge in [0.1, 0.15) is 5.82 Å². The third-order valence-corrected chi connectivity index (χ3v) is 2.95. The quantitative estimate of drug-likeness (QED) is 0.788. The fourth-order valence-corrected chi connectivity index (χ4v) is 1.91. The van der Waals surface area contributed by atoms with Crippen LogP contribution < -0.4 is 5.73 Å². The molecule has 1 saturated carbocycles. The van der Waals surface area contributed by atoms with Crippen molar-refractivity contribution in [3.8, 4) is 0 Å². The molecule has 0 amide bonds. The zero-order valence-electron chi connectivity index (χ0n) is 8.73. The summed E-state index contributed by atoms with van der Waals surface area (Å²) in [5, 5.41) is 4.24. The molecule has 0 unspecified atom stereocenters. The highest BCUT2D eigenvalue weighted by molar-refractivity contribution is 5.35. The van der Waals surface area contributed by atoms with Crippen molar-refractivity contribution >= 4 is 5.82 Å². The lowest BCUT2D eigenvalue weighted by Gasteiger charge is -2.33. The number of hydrogen-bond acceptors (Lipinski definition) is 3. The summed E-state index contributed by atoms with van der Waals surface area (Å²) in [6.07, 6.45) is 4.77. The van der Waals surface area contributed by atoms with E-state index in [9.17, 15) is 0 Å². The van der Waals surface area contributed by atoms with E-state index >= 15 is 0 Å². The molecule has 0 atom stereocenters. The lowest BCUT2D eigenvalue weighted by Crippen LogP contribution is -2.33. The number of hydrogen-bond donors (Lipinski definition) is 1. The number of nitrogen functional groups attached to an aromatic ring is 1. The standard InChI is InChI=1S/C10H17N3O/c1-7-5-13(12-10(7)11)6-8-3-9(4-8)14-2/h5,8-9H,3-4,6H2,1-2H3,(H2,11,12). The van der Waals surface area contributed by atoms with Gasteiger partial charge in [0.15, 0.2) is 0 Å². The van der Waals surface area contributed by atoms with Crippen molar-refractivity contribution in [3.05, 3.63) is 11.8 Å². The van der Waals surface area contributed by atoms with Gasteiger partial charge in [-0.05, 0) is 25.7 Å². The molecule has 1 aromatic rings. The van der Waals surface area contributed by atoms with Crippen LogP contribution in [0, 0.1) is 12.8 Å². The summed E-state index contributed by atoms with van der Waals surface area (Å²) < 4.78 is 7.17. The molecule has 78 valence electrons. The van der Waals surface area contributed by atoms with Crippen molar-refractivity contribution < 1.29 is 4.74 Å². The van der Waals surface area contributed by atoms with Crippen LogP contribution in [0.4, 0.5) is 5.82 Å². The van der Waals surface area contributed by atoms with Crippen molar-refractivity contribution in [2.24, 2.45) is 5.92 Å². The molecular weight excluding hydrogens is 178 g/mol. The summed E-state index contributed by atoms with van der Waals surface area (Å²) in [4.78, 5) is 0. The molecule has 0 aliphatic heterocycles.